The summed E-state index contributed by atoms with van der Waals surface area (Å²) in [6, 6.07) is 3.37. The van der Waals surface area contributed by atoms with Gasteiger partial charge >= 0.3 is 5.97 Å². The van der Waals surface area contributed by atoms with E-state index in [4.69, 9.17) is 10.3 Å². The number of carbonyl (C=O) groups is 1. The van der Waals surface area contributed by atoms with E-state index in [9.17, 15) is 4.79 Å². The first-order valence-electron chi connectivity index (χ1n) is 3.54. The summed E-state index contributed by atoms with van der Waals surface area (Å²) in [5.74, 6) is -1.30. The number of pyridine rings is 1. The van der Waals surface area contributed by atoms with Crippen molar-refractivity contribution >= 4 is 11.7 Å². The van der Waals surface area contributed by atoms with Crippen LogP contribution in [0, 0.1) is 6.92 Å². The lowest BCUT2D eigenvalue weighted by Gasteiger charge is -2.00. The Labute approximate surface area is 74.3 Å². The molecule has 2 N–H and O–H groups in total. The fourth-order valence-electron chi connectivity index (χ4n) is 0.925. The third kappa shape index (κ3) is 1.81. The Bertz CT molecular complexity index is 360. The molecule has 0 atom stereocenters. The summed E-state index contributed by atoms with van der Waals surface area (Å²) in [5.41, 5.74) is 0.383. The Morgan fingerprint density at radius 3 is 2.77 bits per heavy atom. The zero-order valence-corrected chi connectivity index (χ0v) is 6.93. The molecule has 1 aromatic rings. The molecule has 1 heterocycles. The molecule has 0 bridgehead atoms. The zero-order chi connectivity index (χ0) is 9.84. The van der Waals surface area contributed by atoms with Crippen LogP contribution in [0.3, 0.4) is 0 Å². The second-order valence-electron chi connectivity index (χ2n) is 2.42. The average molecular weight is 180 g/mol. The first kappa shape index (κ1) is 9.18. The number of hydrogen-bond donors (Lipinski definition) is 2. The lowest BCUT2D eigenvalue weighted by molar-refractivity contribution is -0.129. The SMILES string of the molecule is Cc1cccnc1C(=NO)C(=O)O. The summed E-state index contributed by atoms with van der Waals surface area (Å²) in [7, 11) is 0. The number of aryl methyl sites for hydroxylation is 1. The van der Waals surface area contributed by atoms with Gasteiger partial charge in [0, 0.05) is 6.20 Å². The standard InChI is InChI=1S/C8H8N2O3/c1-5-3-2-4-9-6(5)7(10-13)8(11)12/h2-4,13H,1H3,(H,11,12). The third-order valence-corrected chi connectivity index (χ3v) is 1.54. The van der Waals surface area contributed by atoms with Crippen LogP contribution in [-0.4, -0.2) is 27.0 Å². The second kappa shape index (κ2) is 3.66. The molecule has 0 amide bonds. The van der Waals surface area contributed by atoms with Crippen molar-refractivity contribution in [3.05, 3.63) is 29.6 Å². The van der Waals surface area contributed by atoms with Gasteiger partial charge in [0.15, 0.2) is 0 Å². The molecule has 1 aromatic heterocycles. The van der Waals surface area contributed by atoms with Gasteiger partial charge in [-0.1, -0.05) is 11.2 Å². The maximum absolute atomic E-state index is 10.6. The van der Waals surface area contributed by atoms with E-state index in [0.29, 0.717) is 5.56 Å². The van der Waals surface area contributed by atoms with Gasteiger partial charge in [-0.15, -0.1) is 0 Å². The molecular weight excluding hydrogens is 172 g/mol. The molecule has 68 valence electrons. The number of carboxylic acids is 1. The maximum Gasteiger partial charge on any atom is 0.360 e. The van der Waals surface area contributed by atoms with Gasteiger partial charge in [0.1, 0.15) is 5.69 Å². The summed E-state index contributed by atoms with van der Waals surface area (Å²) < 4.78 is 0. The van der Waals surface area contributed by atoms with Crippen molar-refractivity contribution in [1.82, 2.24) is 4.98 Å². The predicted molar refractivity (Wildman–Crippen MR) is 44.9 cm³/mol. The third-order valence-electron chi connectivity index (χ3n) is 1.54. The molecule has 13 heavy (non-hydrogen) atoms. The molecule has 0 aliphatic carbocycles. The van der Waals surface area contributed by atoms with E-state index < -0.39 is 11.7 Å². The van der Waals surface area contributed by atoms with Crippen molar-refractivity contribution in [3.8, 4) is 0 Å². The first-order valence-corrected chi connectivity index (χ1v) is 3.54. The van der Waals surface area contributed by atoms with Crippen LogP contribution in [0.25, 0.3) is 0 Å². The highest BCUT2D eigenvalue weighted by Crippen LogP contribution is 2.04. The van der Waals surface area contributed by atoms with E-state index in [2.05, 4.69) is 10.1 Å². The Balaban J connectivity index is 3.21. The highest BCUT2D eigenvalue weighted by molar-refractivity contribution is 6.42. The van der Waals surface area contributed by atoms with Gasteiger partial charge in [0.2, 0.25) is 5.71 Å². The highest BCUT2D eigenvalue weighted by atomic mass is 16.4. The van der Waals surface area contributed by atoms with E-state index in [0.717, 1.165) is 0 Å². The molecule has 0 aromatic carbocycles. The zero-order valence-electron chi connectivity index (χ0n) is 6.93. The van der Waals surface area contributed by atoms with E-state index in [-0.39, 0.29) is 5.69 Å². The Hall–Kier alpha value is -1.91. The fraction of sp³-hybridized carbons (Fsp3) is 0.125. The second-order valence-corrected chi connectivity index (χ2v) is 2.42. The molecule has 0 aliphatic heterocycles. The number of oxime groups is 1. The fourth-order valence-corrected chi connectivity index (χ4v) is 0.925. The topological polar surface area (TPSA) is 82.8 Å². The number of nitrogens with zero attached hydrogens (tertiary/aromatic N) is 2. The highest BCUT2D eigenvalue weighted by Gasteiger charge is 2.16. The number of aliphatic carboxylic acids is 1. The van der Waals surface area contributed by atoms with Crippen LogP contribution in [0.5, 0.6) is 0 Å². The van der Waals surface area contributed by atoms with Crippen molar-refractivity contribution in [2.24, 2.45) is 5.16 Å². The van der Waals surface area contributed by atoms with Gasteiger partial charge in [0.05, 0.1) is 0 Å². The molecule has 0 saturated carbocycles. The largest absolute Gasteiger partial charge is 0.476 e. The molecule has 0 spiro atoms. The molecule has 5 heteroatoms. The van der Waals surface area contributed by atoms with Crippen molar-refractivity contribution in [2.75, 3.05) is 0 Å². The normalized spacial score (nSPS) is 11.3. The predicted octanol–water partition coefficient (Wildman–Crippen LogP) is 0.653. The van der Waals surface area contributed by atoms with Crippen molar-refractivity contribution < 1.29 is 15.1 Å². The molecule has 0 unspecified atom stereocenters. The Morgan fingerprint density at radius 1 is 1.62 bits per heavy atom. The van der Waals surface area contributed by atoms with Gasteiger partial charge in [-0.25, -0.2) is 4.79 Å². The number of carboxylic acid groups (broad SMARTS) is 1. The van der Waals surface area contributed by atoms with Crippen molar-refractivity contribution in [2.45, 2.75) is 6.92 Å². The van der Waals surface area contributed by atoms with Gasteiger partial charge in [-0.3, -0.25) is 4.98 Å². The lowest BCUT2D eigenvalue weighted by atomic mass is 10.1. The van der Waals surface area contributed by atoms with Gasteiger partial charge in [0.25, 0.3) is 0 Å². The summed E-state index contributed by atoms with van der Waals surface area (Å²) in [6.07, 6.45) is 1.44. The molecule has 0 aliphatic rings. The van der Waals surface area contributed by atoms with E-state index in [1.165, 1.54) is 6.20 Å². The van der Waals surface area contributed by atoms with Gasteiger partial charge < -0.3 is 10.3 Å². The van der Waals surface area contributed by atoms with Crippen LogP contribution in [-0.2, 0) is 4.79 Å². The quantitative estimate of drug-likeness (QED) is 0.397. The minimum absolute atomic E-state index is 0.178. The van der Waals surface area contributed by atoms with Gasteiger partial charge in [-0.2, -0.15) is 0 Å². The van der Waals surface area contributed by atoms with E-state index in [1.54, 1.807) is 19.1 Å². The number of rotatable bonds is 2. The molecule has 0 saturated heterocycles. The van der Waals surface area contributed by atoms with Crippen LogP contribution in [0.2, 0.25) is 0 Å². The van der Waals surface area contributed by atoms with Crippen molar-refractivity contribution in [1.29, 1.82) is 0 Å². The Kier molecular flexibility index (Phi) is 2.59. The first-order chi connectivity index (χ1) is 6.16. The molecule has 0 radical (unpaired) electrons. The smallest absolute Gasteiger partial charge is 0.360 e. The minimum Gasteiger partial charge on any atom is -0.476 e. The molecular formula is C8H8N2O3. The summed E-state index contributed by atoms with van der Waals surface area (Å²) >= 11 is 0. The number of hydrogen-bond acceptors (Lipinski definition) is 4. The number of aromatic nitrogens is 1. The van der Waals surface area contributed by atoms with Crippen molar-refractivity contribution in [3.63, 3.8) is 0 Å². The summed E-state index contributed by atoms with van der Waals surface area (Å²) in [5, 5.41) is 19.7. The average Bonchev–Trinajstić information content (AvgIpc) is 2.09. The lowest BCUT2D eigenvalue weighted by Crippen LogP contribution is -2.17. The monoisotopic (exact) mass is 180 g/mol. The minimum atomic E-state index is -1.30. The van der Waals surface area contributed by atoms with E-state index in [1.807, 2.05) is 0 Å². The summed E-state index contributed by atoms with van der Waals surface area (Å²) in [6.45, 7) is 1.69. The summed E-state index contributed by atoms with van der Waals surface area (Å²) in [4.78, 5) is 14.4. The van der Waals surface area contributed by atoms with Crippen LogP contribution >= 0.6 is 0 Å². The van der Waals surface area contributed by atoms with Crippen LogP contribution in [0.4, 0.5) is 0 Å². The van der Waals surface area contributed by atoms with E-state index >= 15 is 0 Å². The molecule has 1 rings (SSSR count). The maximum atomic E-state index is 10.6. The Morgan fingerprint density at radius 2 is 2.31 bits per heavy atom. The van der Waals surface area contributed by atoms with Gasteiger partial charge in [-0.05, 0) is 18.6 Å². The van der Waals surface area contributed by atoms with Crippen LogP contribution in [0.15, 0.2) is 23.5 Å². The molecule has 5 nitrogen and oxygen atoms in total. The molecule has 0 fully saturated rings. The van der Waals surface area contributed by atoms with Crippen LogP contribution < -0.4 is 0 Å². The van der Waals surface area contributed by atoms with Crippen LogP contribution in [0.1, 0.15) is 11.3 Å².